The summed E-state index contributed by atoms with van der Waals surface area (Å²) in [7, 11) is 0. The summed E-state index contributed by atoms with van der Waals surface area (Å²) in [4.78, 5) is 0. The minimum Gasteiger partial charge on any atom is -0.393 e. The van der Waals surface area contributed by atoms with Gasteiger partial charge in [-0.3, -0.25) is 0 Å². The van der Waals surface area contributed by atoms with Crippen LogP contribution in [0.2, 0.25) is 0 Å². The van der Waals surface area contributed by atoms with Gasteiger partial charge in [-0.2, -0.15) is 0 Å². The maximum absolute atomic E-state index is 8.84. The van der Waals surface area contributed by atoms with Gasteiger partial charge in [-0.1, -0.05) is 19.8 Å². The molecule has 0 aromatic rings. The molecule has 3 radical (unpaired) electrons. The van der Waals surface area contributed by atoms with Crippen LogP contribution in [-0.2, 0) is 0 Å². The molecule has 0 aliphatic carbocycles. The van der Waals surface area contributed by atoms with Gasteiger partial charge in [-0.25, -0.2) is 0 Å². The summed E-state index contributed by atoms with van der Waals surface area (Å²) in [5.74, 6) is 0. The summed E-state index contributed by atoms with van der Waals surface area (Å²) < 4.78 is 0. The third kappa shape index (κ3) is 4.13. The van der Waals surface area contributed by atoms with Crippen LogP contribution in [0.25, 0.3) is 0 Å². The highest BCUT2D eigenvalue weighted by molar-refractivity contribution is 4.56. The van der Waals surface area contributed by atoms with Gasteiger partial charge in [0.1, 0.15) is 0 Å². The van der Waals surface area contributed by atoms with E-state index in [0.717, 1.165) is 19.3 Å². The molecule has 0 aliphatic heterocycles. The number of rotatable bonds is 4. The van der Waals surface area contributed by atoms with E-state index in [0.29, 0.717) is 6.42 Å². The van der Waals surface area contributed by atoms with Crippen LogP contribution < -0.4 is 0 Å². The van der Waals surface area contributed by atoms with Crippen LogP contribution in [0, 0.1) is 13.8 Å². The highest BCUT2D eigenvalue weighted by Gasteiger charge is 1.96. The number of unbranched alkanes of at least 4 members (excludes halogenated alkanes) is 1. The fourth-order valence-electron chi connectivity index (χ4n) is 0.498. The van der Waals surface area contributed by atoms with E-state index in [1.807, 2.05) is 0 Å². The van der Waals surface area contributed by atoms with E-state index in [-0.39, 0.29) is 6.10 Å². The molecule has 8 heavy (non-hydrogen) atoms. The normalized spacial score (nSPS) is 13.9. The molecule has 1 atom stereocenters. The topological polar surface area (TPSA) is 20.2 Å². The van der Waals surface area contributed by atoms with Crippen LogP contribution in [0.15, 0.2) is 0 Å². The molecule has 1 heteroatoms. The first-order chi connectivity index (χ1) is 3.81. The highest BCUT2D eigenvalue weighted by Crippen LogP contribution is 2.01. The second-order valence-electron chi connectivity index (χ2n) is 1.89. The maximum atomic E-state index is 8.84. The average Bonchev–Trinajstić information content (AvgIpc) is 1.83. The van der Waals surface area contributed by atoms with Crippen molar-refractivity contribution in [1.82, 2.24) is 0 Å². The van der Waals surface area contributed by atoms with Crippen LogP contribution >= 0.6 is 0 Å². The van der Waals surface area contributed by atoms with Gasteiger partial charge in [0.2, 0.25) is 0 Å². The summed E-state index contributed by atoms with van der Waals surface area (Å²) in [6.45, 7) is 8.78. The molecule has 0 saturated heterocycles. The molecule has 0 fully saturated rings. The van der Waals surface area contributed by atoms with E-state index >= 15 is 0 Å². The van der Waals surface area contributed by atoms with Crippen molar-refractivity contribution in [1.29, 1.82) is 0 Å². The lowest BCUT2D eigenvalue weighted by Gasteiger charge is -2.03. The van der Waals surface area contributed by atoms with E-state index in [4.69, 9.17) is 12.0 Å². The van der Waals surface area contributed by atoms with Crippen molar-refractivity contribution in [3.05, 3.63) is 13.8 Å². The fraction of sp³-hybridized carbons (Fsp3) is 0.714. The minimum absolute atomic E-state index is 0.309. The lowest BCUT2D eigenvalue weighted by Crippen LogP contribution is -2.02. The first-order valence-corrected chi connectivity index (χ1v) is 2.98. The Morgan fingerprint density at radius 3 is 2.62 bits per heavy atom. The molecule has 0 aliphatic rings. The quantitative estimate of drug-likeness (QED) is 0.585. The molecule has 1 nitrogen and oxygen atoms in total. The number of aliphatic hydroxyl groups excluding tert-OH is 1. The second kappa shape index (κ2) is 5.10. The molecule has 0 rings (SSSR count). The van der Waals surface area contributed by atoms with Crippen molar-refractivity contribution < 1.29 is 5.11 Å². The van der Waals surface area contributed by atoms with Crippen LogP contribution in [0.1, 0.15) is 25.7 Å². The van der Waals surface area contributed by atoms with Crippen molar-refractivity contribution in [2.75, 3.05) is 0 Å². The molecule has 0 aromatic carbocycles. The Labute approximate surface area is 51.7 Å². The molecule has 47 valence electrons. The van der Waals surface area contributed by atoms with Gasteiger partial charge in [0, 0.05) is 0 Å². The van der Waals surface area contributed by atoms with Crippen molar-refractivity contribution in [3.63, 3.8) is 0 Å². The lowest BCUT2D eigenvalue weighted by molar-refractivity contribution is 0.164. The van der Waals surface area contributed by atoms with Crippen molar-refractivity contribution >= 4 is 0 Å². The summed E-state index contributed by atoms with van der Waals surface area (Å²) >= 11 is 0. The van der Waals surface area contributed by atoms with E-state index in [1.165, 1.54) is 0 Å². The van der Waals surface area contributed by atoms with Crippen molar-refractivity contribution in [3.8, 4) is 0 Å². The maximum Gasteiger partial charge on any atom is 0.0543 e. The summed E-state index contributed by atoms with van der Waals surface area (Å²) in [5.41, 5.74) is 0. The minimum atomic E-state index is -0.309. The molecular formula is C7H13O. The molecule has 1 unspecified atom stereocenters. The van der Waals surface area contributed by atoms with Crippen LogP contribution in [0.3, 0.4) is 0 Å². The Kier molecular flexibility index (Phi) is 5.08. The van der Waals surface area contributed by atoms with Gasteiger partial charge in [0.25, 0.3) is 0 Å². The zero-order valence-electron chi connectivity index (χ0n) is 5.14. The Bertz CT molecular complexity index is 43.7. The van der Waals surface area contributed by atoms with E-state index in [2.05, 4.69) is 6.92 Å². The Morgan fingerprint density at radius 1 is 1.62 bits per heavy atom. The lowest BCUT2D eigenvalue weighted by atomic mass is 10.1. The molecule has 0 spiro atoms. The molecule has 1 N–H and O–H groups in total. The first-order valence-electron chi connectivity index (χ1n) is 2.98. The van der Waals surface area contributed by atoms with Gasteiger partial charge >= 0.3 is 0 Å². The third-order valence-corrected chi connectivity index (χ3v) is 1.06. The van der Waals surface area contributed by atoms with Gasteiger partial charge in [0.15, 0.2) is 0 Å². The smallest absolute Gasteiger partial charge is 0.0543 e. The summed E-state index contributed by atoms with van der Waals surface area (Å²) in [6.07, 6.45) is 2.71. The van der Waals surface area contributed by atoms with Gasteiger partial charge in [0.05, 0.1) is 6.10 Å². The fourth-order valence-corrected chi connectivity index (χ4v) is 0.498. The molecular weight excluding hydrogens is 100 g/mol. The highest BCUT2D eigenvalue weighted by atomic mass is 16.3. The molecule has 0 heterocycles. The molecule has 0 bridgehead atoms. The van der Waals surface area contributed by atoms with Crippen LogP contribution in [-0.4, -0.2) is 11.2 Å². The Morgan fingerprint density at radius 2 is 2.25 bits per heavy atom. The number of aliphatic hydroxyl groups is 1. The van der Waals surface area contributed by atoms with E-state index < -0.39 is 0 Å². The molecule has 0 amide bonds. The number of hydrogen-bond acceptors (Lipinski definition) is 1. The van der Waals surface area contributed by atoms with E-state index in [9.17, 15) is 0 Å². The first kappa shape index (κ1) is 7.96. The Balaban J connectivity index is 2.86. The van der Waals surface area contributed by atoms with Gasteiger partial charge in [-0.15, -0.1) is 0 Å². The molecule has 0 saturated carbocycles. The van der Waals surface area contributed by atoms with E-state index in [1.54, 1.807) is 0 Å². The van der Waals surface area contributed by atoms with Crippen molar-refractivity contribution in [2.24, 2.45) is 0 Å². The monoisotopic (exact) mass is 113 g/mol. The standard InChI is InChI=1S/C7H13O/c1-3-5-6-7(8)4-2/h2,7-8H,1,3-6H2. The van der Waals surface area contributed by atoms with Gasteiger partial charge < -0.3 is 5.11 Å². The van der Waals surface area contributed by atoms with Crippen LogP contribution in [0.5, 0.6) is 0 Å². The zero-order chi connectivity index (χ0) is 6.41. The third-order valence-electron chi connectivity index (χ3n) is 1.06. The predicted octanol–water partition coefficient (Wildman–Crippen LogP) is 1.45. The summed E-state index contributed by atoms with van der Waals surface area (Å²) in [5, 5.41) is 8.84. The Hall–Kier alpha value is -0.0400. The van der Waals surface area contributed by atoms with Crippen molar-refractivity contribution in [2.45, 2.75) is 31.8 Å². The number of hydrogen-bond donors (Lipinski definition) is 1. The zero-order valence-corrected chi connectivity index (χ0v) is 5.14. The van der Waals surface area contributed by atoms with Crippen LogP contribution in [0.4, 0.5) is 0 Å². The average molecular weight is 113 g/mol. The largest absolute Gasteiger partial charge is 0.393 e. The SMILES string of the molecule is [CH]CC(O)CCC[CH2]. The summed E-state index contributed by atoms with van der Waals surface area (Å²) in [6, 6.07) is 0. The second-order valence-corrected chi connectivity index (χ2v) is 1.89. The molecule has 0 aromatic heterocycles. The van der Waals surface area contributed by atoms with Gasteiger partial charge in [-0.05, 0) is 19.8 Å². The predicted molar refractivity (Wildman–Crippen MR) is 34.1 cm³/mol.